The minimum atomic E-state index is -1.62. The number of carbonyl (C=O) groups is 6. The number of carboxylic acids is 1. The van der Waals surface area contributed by atoms with Crippen molar-refractivity contribution < 1.29 is 39.0 Å². The Hall–Kier alpha value is -4.50. The van der Waals surface area contributed by atoms with Crippen LogP contribution in [0.4, 0.5) is 0 Å². The van der Waals surface area contributed by atoms with Gasteiger partial charge in [0.2, 0.25) is 29.5 Å². The van der Waals surface area contributed by atoms with Crippen LogP contribution in [0.5, 0.6) is 0 Å². The van der Waals surface area contributed by atoms with Gasteiger partial charge in [-0.25, -0.2) is 4.79 Å². The first kappa shape index (κ1) is 30.7. The fraction of sp³-hybridized carbons (Fsp3) is 0.417. The molecule has 0 fully saturated rings. The number of benzene rings is 1. The summed E-state index contributed by atoms with van der Waals surface area (Å²) < 4.78 is 0. The summed E-state index contributed by atoms with van der Waals surface area (Å²) in [7, 11) is 0. The number of hydrogen-bond acceptors (Lipinski definition) is 8. The van der Waals surface area contributed by atoms with Gasteiger partial charge in [-0.15, -0.1) is 0 Å². The molecule has 5 unspecified atom stereocenters. The lowest BCUT2D eigenvalue weighted by Gasteiger charge is -2.26. The van der Waals surface area contributed by atoms with Crippen LogP contribution < -0.4 is 33.2 Å². The molecule has 5 amide bonds. The molecule has 0 aliphatic carbocycles. The molecular formula is C24H33N7O8. The summed E-state index contributed by atoms with van der Waals surface area (Å²) in [6.07, 6.45) is -0.977. The highest BCUT2D eigenvalue weighted by Gasteiger charge is 2.33. The lowest BCUT2D eigenvalue weighted by Crippen LogP contribution is -2.60. The molecule has 12 N–H and O–H groups in total. The van der Waals surface area contributed by atoms with Gasteiger partial charge < -0.3 is 48.3 Å². The van der Waals surface area contributed by atoms with Crippen molar-refractivity contribution in [1.82, 2.24) is 20.9 Å². The van der Waals surface area contributed by atoms with E-state index < -0.39 is 72.2 Å². The zero-order chi connectivity index (χ0) is 29.3. The van der Waals surface area contributed by atoms with Crippen molar-refractivity contribution >= 4 is 46.4 Å². The number of para-hydroxylation sites is 1. The van der Waals surface area contributed by atoms with Crippen LogP contribution in [0.25, 0.3) is 10.9 Å². The third-order valence-electron chi connectivity index (χ3n) is 5.85. The van der Waals surface area contributed by atoms with E-state index >= 15 is 0 Å². The first-order valence-electron chi connectivity index (χ1n) is 12.0. The van der Waals surface area contributed by atoms with Crippen LogP contribution in [-0.2, 0) is 35.2 Å². The Bertz CT molecular complexity index is 1230. The molecule has 212 valence electrons. The second-order valence-electron chi connectivity index (χ2n) is 9.03. The van der Waals surface area contributed by atoms with Gasteiger partial charge in [-0.2, -0.15) is 0 Å². The van der Waals surface area contributed by atoms with Crippen molar-refractivity contribution in [2.24, 2.45) is 17.2 Å². The predicted octanol–water partition coefficient (Wildman–Crippen LogP) is -2.90. The Morgan fingerprint density at radius 3 is 2.15 bits per heavy atom. The summed E-state index contributed by atoms with van der Waals surface area (Å²) in [6, 6.07) is 1.26. The highest BCUT2D eigenvalue weighted by molar-refractivity contribution is 5.96. The average Bonchev–Trinajstić information content (AvgIpc) is 3.26. The zero-order valence-corrected chi connectivity index (χ0v) is 21.2. The van der Waals surface area contributed by atoms with Crippen LogP contribution in [0, 0.1) is 0 Å². The zero-order valence-electron chi connectivity index (χ0n) is 21.2. The molecular weight excluding hydrogens is 514 g/mol. The smallest absolute Gasteiger partial charge is 0.326 e. The van der Waals surface area contributed by atoms with Crippen LogP contribution in [0.3, 0.4) is 0 Å². The molecule has 2 aromatic rings. The van der Waals surface area contributed by atoms with E-state index in [0.29, 0.717) is 5.56 Å². The molecule has 0 saturated carbocycles. The molecule has 1 aromatic heterocycles. The maximum atomic E-state index is 13.0. The quantitative estimate of drug-likeness (QED) is 0.110. The number of carboxylic acid groups (broad SMARTS) is 1. The molecule has 0 radical (unpaired) electrons. The van der Waals surface area contributed by atoms with E-state index in [-0.39, 0.29) is 19.3 Å². The van der Waals surface area contributed by atoms with Gasteiger partial charge >= 0.3 is 5.97 Å². The molecule has 1 heterocycles. The second-order valence-corrected chi connectivity index (χ2v) is 9.03. The van der Waals surface area contributed by atoms with Gasteiger partial charge in [0.05, 0.1) is 18.6 Å². The third kappa shape index (κ3) is 9.08. The number of aromatic amines is 1. The molecule has 15 heteroatoms. The van der Waals surface area contributed by atoms with Crippen molar-refractivity contribution in [3.8, 4) is 0 Å². The summed E-state index contributed by atoms with van der Waals surface area (Å²) in [5, 5.41) is 27.2. The van der Waals surface area contributed by atoms with Crippen LogP contribution in [0.15, 0.2) is 30.5 Å². The number of aliphatic hydroxyl groups excluding tert-OH is 1. The monoisotopic (exact) mass is 547 g/mol. The van der Waals surface area contributed by atoms with Crippen molar-refractivity contribution in [3.05, 3.63) is 36.0 Å². The van der Waals surface area contributed by atoms with Gasteiger partial charge in [-0.05, 0) is 25.0 Å². The van der Waals surface area contributed by atoms with Crippen molar-refractivity contribution in [3.63, 3.8) is 0 Å². The van der Waals surface area contributed by atoms with Gasteiger partial charge in [0.1, 0.15) is 18.1 Å². The number of nitrogens with one attached hydrogen (secondary N) is 4. The number of aliphatic carboxylic acids is 1. The summed E-state index contributed by atoms with van der Waals surface area (Å²) in [6.45, 7) is 1.18. The van der Waals surface area contributed by atoms with Crippen LogP contribution in [0.2, 0.25) is 0 Å². The predicted molar refractivity (Wildman–Crippen MR) is 137 cm³/mol. The molecule has 2 rings (SSSR count). The SMILES string of the molecule is CC(O)C(NC(=O)C(N)CCC(N)=O)C(=O)NC(CC(N)=O)C(=O)NC(Cc1c[nH]c2ccccc12)C(=O)O. The lowest BCUT2D eigenvalue weighted by atomic mass is 10.0. The number of aromatic nitrogens is 1. The maximum Gasteiger partial charge on any atom is 0.326 e. The van der Waals surface area contributed by atoms with E-state index in [1.807, 2.05) is 0 Å². The minimum absolute atomic E-state index is 0.113. The van der Waals surface area contributed by atoms with Gasteiger partial charge in [0.25, 0.3) is 0 Å². The normalized spacial score (nSPS) is 14.8. The fourth-order valence-corrected chi connectivity index (χ4v) is 3.76. The number of aliphatic hydroxyl groups is 1. The Labute approximate surface area is 222 Å². The molecule has 39 heavy (non-hydrogen) atoms. The summed E-state index contributed by atoms with van der Waals surface area (Å²) >= 11 is 0. The Balaban J connectivity index is 2.15. The van der Waals surface area contributed by atoms with E-state index in [2.05, 4.69) is 20.9 Å². The maximum absolute atomic E-state index is 13.0. The van der Waals surface area contributed by atoms with E-state index in [9.17, 15) is 39.0 Å². The Morgan fingerprint density at radius 1 is 0.923 bits per heavy atom. The van der Waals surface area contributed by atoms with E-state index in [0.717, 1.165) is 10.9 Å². The molecule has 0 aliphatic heterocycles. The number of hydrogen-bond donors (Lipinski definition) is 9. The van der Waals surface area contributed by atoms with E-state index in [1.165, 1.54) is 6.92 Å². The number of fused-ring (bicyclic) bond motifs is 1. The number of rotatable bonds is 15. The van der Waals surface area contributed by atoms with Gasteiger partial charge in [0.15, 0.2) is 0 Å². The molecule has 5 atom stereocenters. The number of amides is 5. The topological polar surface area (TPSA) is 273 Å². The largest absolute Gasteiger partial charge is 0.480 e. The van der Waals surface area contributed by atoms with Crippen LogP contribution in [-0.4, -0.2) is 81.0 Å². The molecule has 0 aliphatic rings. The fourth-order valence-electron chi connectivity index (χ4n) is 3.76. The lowest BCUT2D eigenvalue weighted by molar-refractivity contribution is -0.142. The van der Waals surface area contributed by atoms with Crippen molar-refractivity contribution in [2.45, 2.75) is 62.9 Å². The molecule has 0 saturated heterocycles. The highest BCUT2D eigenvalue weighted by atomic mass is 16.4. The molecule has 0 spiro atoms. The van der Waals surface area contributed by atoms with Gasteiger partial charge in [-0.3, -0.25) is 24.0 Å². The van der Waals surface area contributed by atoms with Gasteiger partial charge in [-0.1, -0.05) is 18.2 Å². The summed E-state index contributed by atoms with van der Waals surface area (Å²) in [4.78, 5) is 75.6. The number of nitrogens with two attached hydrogens (primary N) is 3. The summed E-state index contributed by atoms with van der Waals surface area (Å²) in [5.41, 5.74) is 17.3. The Kier molecular flexibility index (Phi) is 10.9. The Morgan fingerprint density at radius 2 is 1.56 bits per heavy atom. The minimum Gasteiger partial charge on any atom is -0.480 e. The van der Waals surface area contributed by atoms with Crippen molar-refractivity contribution in [2.75, 3.05) is 0 Å². The van der Waals surface area contributed by atoms with Crippen molar-refractivity contribution in [1.29, 1.82) is 0 Å². The van der Waals surface area contributed by atoms with E-state index in [4.69, 9.17) is 17.2 Å². The number of carbonyl (C=O) groups excluding carboxylic acids is 5. The van der Waals surface area contributed by atoms with Crippen LogP contribution in [0.1, 0.15) is 31.7 Å². The van der Waals surface area contributed by atoms with E-state index in [1.54, 1.807) is 30.5 Å². The average molecular weight is 548 g/mol. The number of primary amides is 2. The first-order chi connectivity index (χ1) is 18.3. The standard InChI is InChI=1S/C24H33N7O8/c1-11(32)20(31-21(35)14(25)6-7-18(26)33)23(37)29-16(9-19(27)34)22(36)30-17(24(38)39)8-12-10-28-15-5-3-2-4-13(12)15/h2-5,10-11,14,16-17,20,28,32H,6-9,25H2,1H3,(H2,26,33)(H2,27,34)(H,29,37)(H,30,36)(H,31,35)(H,38,39). The first-order valence-corrected chi connectivity index (χ1v) is 12.0. The molecule has 1 aromatic carbocycles. The molecule has 15 nitrogen and oxygen atoms in total. The van der Waals surface area contributed by atoms with Gasteiger partial charge in [0, 0.05) is 29.9 Å². The highest BCUT2D eigenvalue weighted by Crippen LogP contribution is 2.19. The molecule has 0 bridgehead atoms. The van der Waals surface area contributed by atoms with Crippen LogP contribution >= 0.6 is 0 Å². The number of H-pyrrole nitrogens is 1. The summed E-state index contributed by atoms with van der Waals surface area (Å²) in [5.74, 6) is -6.00. The second kappa shape index (κ2) is 13.9. The third-order valence-corrected chi connectivity index (χ3v) is 5.85.